The van der Waals surface area contributed by atoms with E-state index in [4.69, 9.17) is 0 Å². The smallest absolute Gasteiger partial charge is 0.253 e. The van der Waals surface area contributed by atoms with E-state index in [0.717, 1.165) is 42.6 Å². The Morgan fingerprint density at radius 3 is 2.89 bits per heavy atom. The van der Waals surface area contributed by atoms with Crippen LogP contribution in [-0.2, 0) is 0 Å². The lowest BCUT2D eigenvalue weighted by Crippen LogP contribution is -2.33. The molecule has 2 aliphatic heterocycles. The molecule has 5 heteroatoms. The Bertz CT molecular complexity index is 474. The minimum Gasteiger partial charge on any atom is -0.338 e. The normalized spacial score (nSPS) is 25.6. The van der Waals surface area contributed by atoms with Gasteiger partial charge in [-0.1, -0.05) is 22.0 Å². The van der Waals surface area contributed by atoms with Crippen molar-refractivity contribution in [3.63, 3.8) is 0 Å². The number of amides is 1. The fourth-order valence-electron chi connectivity index (χ4n) is 3.06. The van der Waals surface area contributed by atoms with E-state index in [1.54, 1.807) is 0 Å². The summed E-state index contributed by atoms with van der Waals surface area (Å²) >= 11 is 3.42. The molecule has 3 rings (SSSR count). The van der Waals surface area contributed by atoms with Gasteiger partial charge in [-0.05, 0) is 37.6 Å². The summed E-state index contributed by atoms with van der Waals surface area (Å²) in [6.45, 7) is 3.96. The number of likely N-dealkylation sites (tertiary alicyclic amines) is 1. The molecule has 1 aromatic carbocycles. The maximum Gasteiger partial charge on any atom is 0.253 e. The van der Waals surface area contributed by atoms with Gasteiger partial charge in [-0.2, -0.15) is 0 Å². The average molecular weight is 346 g/mol. The number of nitrogens with one attached hydrogen (secondary N) is 1. The molecule has 3 nitrogen and oxygen atoms in total. The number of carbonyl (C=O) groups excluding carboxylic acids is 1. The molecule has 0 radical (unpaired) electrons. The molecule has 1 unspecified atom stereocenters. The molecule has 0 bridgehead atoms. The van der Waals surface area contributed by atoms with Gasteiger partial charge < -0.3 is 10.2 Å². The molecule has 2 heterocycles. The van der Waals surface area contributed by atoms with Crippen LogP contribution >= 0.6 is 28.3 Å². The summed E-state index contributed by atoms with van der Waals surface area (Å²) < 4.78 is 0.963. The van der Waals surface area contributed by atoms with Crippen LogP contribution in [0.4, 0.5) is 0 Å². The molecular weight excluding hydrogens is 328 g/mol. The van der Waals surface area contributed by atoms with Gasteiger partial charge >= 0.3 is 0 Å². The van der Waals surface area contributed by atoms with E-state index in [2.05, 4.69) is 21.2 Å². The lowest BCUT2D eigenvalue weighted by atomic mass is 9.86. The third-order valence-electron chi connectivity index (χ3n) is 4.13. The Labute approximate surface area is 128 Å². The van der Waals surface area contributed by atoms with E-state index in [-0.39, 0.29) is 18.3 Å². The number of hydrogen-bond acceptors (Lipinski definition) is 2. The number of benzene rings is 1. The van der Waals surface area contributed by atoms with E-state index in [1.165, 1.54) is 6.42 Å². The highest BCUT2D eigenvalue weighted by Gasteiger charge is 2.41. The molecule has 0 saturated carbocycles. The largest absolute Gasteiger partial charge is 0.338 e. The maximum absolute atomic E-state index is 12.4. The van der Waals surface area contributed by atoms with Crippen molar-refractivity contribution >= 4 is 34.2 Å². The molecule has 1 spiro atoms. The number of rotatable bonds is 1. The van der Waals surface area contributed by atoms with Gasteiger partial charge in [-0.15, -0.1) is 12.4 Å². The van der Waals surface area contributed by atoms with Gasteiger partial charge in [0.15, 0.2) is 0 Å². The van der Waals surface area contributed by atoms with Crippen LogP contribution in [0.3, 0.4) is 0 Å². The standard InChI is InChI=1S/C14H17BrN2O.ClH/c15-12-3-1-2-11(8-12)13(18)17-7-5-14(10-17)4-6-16-9-14;/h1-3,8,16H,4-7,9-10H2;1H. The summed E-state index contributed by atoms with van der Waals surface area (Å²) in [4.78, 5) is 14.4. The van der Waals surface area contributed by atoms with E-state index < -0.39 is 0 Å². The van der Waals surface area contributed by atoms with Gasteiger partial charge in [-0.3, -0.25) is 4.79 Å². The second kappa shape index (κ2) is 5.81. The SMILES string of the molecule is Cl.O=C(c1cccc(Br)c1)N1CCC2(CCNC2)C1. The zero-order valence-electron chi connectivity index (χ0n) is 10.7. The van der Waals surface area contributed by atoms with Crippen molar-refractivity contribution in [1.29, 1.82) is 0 Å². The molecule has 2 aliphatic rings. The monoisotopic (exact) mass is 344 g/mol. The van der Waals surface area contributed by atoms with Crippen LogP contribution in [0.15, 0.2) is 28.7 Å². The van der Waals surface area contributed by atoms with Crippen molar-refractivity contribution in [2.75, 3.05) is 26.2 Å². The molecule has 1 aromatic rings. The minimum absolute atomic E-state index is 0. The van der Waals surface area contributed by atoms with E-state index in [9.17, 15) is 4.79 Å². The van der Waals surface area contributed by atoms with Crippen LogP contribution in [0.1, 0.15) is 23.2 Å². The second-order valence-corrected chi connectivity index (χ2v) is 6.33. The van der Waals surface area contributed by atoms with Gasteiger partial charge in [-0.25, -0.2) is 0 Å². The van der Waals surface area contributed by atoms with Gasteiger partial charge in [0, 0.05) is 35.1 Å². The summed E-state index contributed by atoms with van der Waals surface area (Å²) in [7, 11) is 0. The summed E-state index contributed by atoms with van der Waals surface area (Å²) in [6.07, 6.45) is 2.34. The molecular formula is C14H18BrClN2O. The average Bonchev–Trinajstić information content (AvgIpc) is 3.00. The highest BCUT2D eigenvalue weighted by molar-refractivity contribution is 9.10. The molecule has 1 amide bonds. The number of hydrogen-bond donors (Lipinski definition) is 1. The van der Waals surface area contributed by atoms with Crippen molar-refractivity contribution in [1.82, 2.24) is 10.2 Å². The number of halogens is 2. The van der Waals surface area contributed by atoms with Crippen molar-refractivity contribution in [3.8, 4) is 0 Å². The molecule has 0 aromatic heterocycles. The summed E-state index contributed by atoms with van der Waals surface area (Å²) in [5.74, 6) is 0.167. The van der Waals surface area contributed by atoms with Crippen LogP contribution < -0.4 is 5.32 Å². The lowest BCUT2D eigenvalue weighted by Gasteiger charge is -2.22. The molecule has 1 atom stereocenters. The van der Waals surface area contributed by atoms with E-state index >= 15 is 0 Å². The Morgan fingerprint density at radius 1 is 1.37 bits per heavy atom. The zero-order chi connectivity index (χ0) is 12.6. The topological polar surface area (TPSA) is 32.3 Å². The third kappa shape index (κ3) is 2.96. The first-order valence-electron chi connectivity index (χ1n) is 6.44. The van der Waals surface area contributed by atoms with Crippen LogP contribution in [0.2, 0.25) is 0 Å². The van der Waals surface area contributed by atoms with Gasteiger partial charge in [0.05, 0.1) is 0 Å². The Morgan fingerprint density at radius 2 is 2.21 bits per heavy atom. The molecule has 2 fully saturated rings. The van der Waals surface area contributed by atoms with Crippen molar-refractivity contribution in [2.45, 2.75) is 12.8 Å². The Balaban J connectivity index is 0.00000133. The summed E-state index contributed by atoms with van der Waals surface area (Å²) in [5, 5.41) is 3.42. The maximum atomic E-state index is 12.4. The number of carbonyl (C=O) groups is 1. The van der Waals surface area contributed by atoms with Crippen LogP contribution in [0.25, 0.3) is 0 Å². The first-order valence-corrected chi connectivity index (χ1v) is 7.23. The fraction of sp³-hybridized carbons (Fsp3) is 0.500. The third-order valence-corrected chi connectivity index (χ3v) is 4.62. The summed E-state index contributed by atoms with van der Waals surface area (Å²) in [5.41, 5.74) is 1.13. The molecule has 1 N–H and O–H groups in total. The van der Waals surface area contributed by atoms with Crippen LogP contribution in [0.5, 0.6) is 0 Å². The molecule has 2 saturated heterocycles. The first kappa shape index (κ1) is 14.8. The predicted octanol–water partition coefficient (Wildman–Crippen LogP) is 2.70. The zero-order valence-corrected chi connectivity index (χ0v) is 13.1. The van der Waals surface area contributed by atoms with E-state index in [0.29, 0.717) is 5.41 Å². The first-order chi connectivity index (χ1) is 8.69. The van der Waals surface area contributed by atoms with Crippen molar-refractivity contribution in [3.05, 3.63) is 34.3 Å². The Kier molecular flexibility index (Phi) is 4.54. The highest BCUT2D eigenvalue weighted by atomic mass is 79.9. The van der Waals surface area contributed by atoms with Gasteiger partial charge in [0.2, 0.25) is 0 Å². The van der Waals surface area contributed by atoms with Crippen molar-refractivity contribution in [2.24, 2.45) is 5.41 Å². The fourth-order valence-corrected chi connectivity index (χ4v) is 3.46. The lowest BCUT2D eigenvalue weighted by molar-refractivity contribution is 0.0775. The quantitative estimate of drug-likeness (QED) is 0.849. The minimum atomic E-state index is 0. The Hall–Kier alpha value is -0.580. The van der Waals surface area contributed by atoms with Crippen molar-refractivity contribution < 1.29 is 4.79 Å². The van der Waals surface area contributed by atoms with Crippen LogP contribution in [0, 0.1) is 5.41 Å². The summed E-state index contributed by atoms with van der Waals surface area (Å²) in [6, 6.07) is 7.66. The van der Waals surface area contributed by atoms with Gasteiger partial charge in [0.25, 0.3) is 5.91 Å². The highest BCUT2D eigenvalue weighted by Crippen LogP contribution is 2.36. The van der Waals surface area contributed by atoms with Crippen LogP contribution in [-0.4, -0.2) is 37.0 Å². The second-order valence-electron chi connectivity index (χ2n) is 5.41. The van der Waals surface area contributed by atoms with E-state index in [1.807, 2.05) is 29.2 Å². The molecule has 104 valence electrons. The molecule has 19 heavy (non-hydrogen) atoms. The molecule has 0 aliphatic carbocycles. The number of nitrogens with zero attached hydrogens (tertiary/aromatic N) is 1. The van der Waals surface area contributed by atoms with Gasteiger partial charge in [0.1, 0.15) is 0 Å². The predicted molar refractivity (Wildman–Crippen MR) is 81.8 cm³/mol.